The van der Waals surface area contributed by atoms with Gasteiger partial charge in [-0.05, 0) is 12.1 Å². The van der Waals surface area contributed by atoms with Crippen LogP contribution in [0.25, 0.3) is 10.9 Å². The Kier molecular flexibility index (Phi) is 3.57. The molecule has 3 rings (SSSR count). The van der Waals surface area contributed by atoms with Gasteiger partial charge in [-0.3, -0.25) is 14.2 Å². The number of fused-ring (bicyclic) bond motifs is 1. The number of aromatic amines is 1. The third-order valence-electron chi connectivity index (χ3n) is 3.65. The Morgan fingerprint density at radius 2 is 1.86 bits per heavy atom. The number of nitrogens with one attached hydrogen (secondary N) is 2. The van der Waals surface area contributed by atoms with E-state index >= 15 is 0 Å². The Labute approximate surface area is 120 Å². The third kappa shape index (κ3) is 2.59. The fourth-order valence-electron chi connectivity index (χ4n) is 2.49. The van der Waals surface area contributed by atoms with Gasteiger partial charge < -0.3 is 15.2 Å². The van der Waals surface area contributed by atoms with Crippen molar-refractivity contribution < 1.29 is 4.79 Å². The van der Waals surface area contributed by atoms with E-state index in [0.29, 0.717) is 24.0 Å². The summed E-state index contributed by atoms with van der Waals surface area (Å²) in [6, 6.07) is 6.78. The van der Waals surface area contributed by atoms with E-state index in [1.807, 2.05) is 0 Å². The number of benzene rings is 1. The number of piperazine rings is 1. The Bertz CT molecular complexity index is 787. The van der Waals surface area contributed by atoms with Gasteiger partial charge in [-0.1, -0.05) is 12.1 Å². The molecule has 0 unspecified atom stereocenters. The highest BCUT2D eigenvalue weighted by Gasteiger charge is 2.18. The molecule has 1 saturated heterocycles. The zero-order chi connectivity index (χ0) is 14.8. The number of para-hydroxylation sites is 1. The van der Waals surface area contributed by atoms with Gasteiger partial charge in [0.2, 0.25) is 5.91 Å². The van der Waals surface area contributed by atoms with Crippen molar-refractivity contribution in [3.8, 4) is 0 Å². The molecule has 1 aliphatic rings. The molecule has 7 nitrogen and oxygen atoms in total. The maximum Gasteiger partial charge on any atom is 0.329 e. The third-order valence-corrected chi connectivity index (χ3v) is 3.65. The summed E-state index contributed by atoms with van der Waals surface area (Å²) in [5, 5.41) is 3.56. The van der Waals surface area contributed by atoms with Crippen molar-refractivity contribution in [2.24, 2.45) is 0 Å². The highest BCUT2D eigenvalue weighted by atomic mass is 16.2. The average Bonchev–Trinajstić information content (AvgIpc) is 2.52. The summed E-state index contributed by atoms with van der Waals surface area (Å²) in [7, 11) is 0. The van der Waals surface area contributed by atoms with Crippen LogP contribution in [0.5, 0.6) is 0 Å². The van der Waals surface area contributed by atoms with Crippen LogP contribution in [-0.4, -0.2) is 46.5 Å². The van der Waals surface area contributed by atoms with Gasteiger partial charge in [-0.2, -0.15) is 0 Å². The van der Waals surface area contributed by atoms with E-state index in [1.165, 1.54) is 0 Å². The minimum atomic E-state index is -0.554. The lowest BCUT2D eigenvalue weighted by molar-refractivity contribution is -0.132. The van der Waals surface area contributed by atoms with Gasteiger partial charge in [0.25, 0.3) is 5.56 Å². The van der Waals surface area contributed by atoms with Crippen molar-refractivity contribution in [2.45, 2.75) is 6.54 Å². The second-order valence-corrected chi connectivity index (χ2v) is 5.00. The Morgan fingerprint density at radius 3 is 2.62 bits per heavy atom. The first kappa shape index (κ1) is 13.6. The first-order chi connectivity index (χ1) is 10.2. The molecule has 1 aliphatic heterocycles. The molecule has 110 valence electrons. The summed E-state index contributed by atoms with van der Waals surface area (Å²) in [6.07, 6.45) is 0. The van der Waals surface area contributed by atoms with Crippen LogP contribution in [0.15, 0.2) is 33.9 Å². The number of carbonyl (C=O) groups is 1. The Balaban J connectivity index is 1.95. The van der Waals surface area contributed by atoms with Crippen LogP contribution in [0.1, 0.15) is 0 Å². The number of hydrogen-bond donors (Lipinski definition) is 2. The van der Waals surface area contributed by atoms with E-state index in [0.717, 1.165) is 17.7 Å². The van der Waals surface area contributed by atoms with Crippen molar-refractivity contribution in [1.82, 2.24) is 19.8 Å². The average molecular weight is 288 g/mol. The van der Waals surface area contributed by atoms with Gasteiger partial charge in [0.15, 0.2) is 0 Å². The Hall–Kier alpha value is -2.41. The summed E-state index contributed by atoms with van der Waals surface area (Å²) in [5.74, 6) is -0.209. The van der Waals surface area contributed by atoms with E-state index in [-0.39, 0.29) is 12.5 Å². The number of nitrogens with zero attached hydrogens (tertiary/aromatic N) is 2. The van der Waals surface area contributed by atoms with Gasteiger partial charge in [-0.25, -0.2) is 4.79 Å². The molecule has 2 heterocycles. The van der Waals surface area contributed by atoms with Gasteiger partial charge in [-0.15, -0.1) is 0 Å². The number of H-pyrrole nitrogens is 1. The molecule has 0 spiro atoms. The van der Waals surface area contributed by atoms with E-state index < -0.39 is 11.2 Å². The predicted molar refractivity (Wildman–Crippen MR) is 78.3 cm³/mol. The Morgan fingerprint density at radius 1 is 1.14 bits per heavy atom. The molecule has 0 radical (unpaired) electrons. The fraction of sp³-hybridized carbons (Fsp3) is 0.357. The maximum absolute atomic E-state index is 12.3. The highest BCUT2D eigenvalue weighted by Crippen LogP contribution is 2.03. The first-order valence-electron chi connectivity index (χ1n) is 6.87. The molecule has 0 saturated carbocycles. The van der Waals surface area contributed by atoms with Crippen molar-refractivity contribution in [2.75, 3.05) is 26.2 Å². The molecule has 2 N–H and O–H groups in total. The van der Waals surface area contributed by atoms with E-state index in [1.54, 1.807) is 29.2 Å². The van der Waals surface area contributed by atoms with E-state index in [4.69, 9.17) is 0 Å². The normalized spacial score (nSPS) is 15.3. The standard InChI is InChI=1S/C14H16N4O3/c19-12(17-7-5-15-6-8-17)9-18-13(20)10-3-1-2-4-11(10)16-14(18)21/h1-4,15H,5-9H2,(H,16,21). The molecule has 1 aromatic heterocycles. The molecular weight excluding hydrogens is 272 g/mol. The predicted octanol–water partition coefficient (Wildman–Crippen LogP) is -0.878. The van der Waals surface area contributed by atoms with Gasteiger partial charge in [0.05, 0.1) is 10.9 Å². The number of hydrogen-bond acceptors (Lipinski definition) is 4. The summed E-state index contributed by atoms with van der Waals surface area (Å²) in [5.41, 5.74) is -0.501. The van der Waals surface area contributed by atoms with Crippen molar-refractivity contribution in [1.29, 1.82) is 0 Å². The van der Waals surface area contributed by atoms with E-state index in [9.17, 15) is 14.4 Å². The maximum atomic E-state index is 12.3. The minimum absolute atomic E-state index is 0.209. The molecule has 1 aromatic carbocycles. The second kappa shape index (κ2) is 5.53. The van der Waals surface area contributed by atoms with Crippen LogP contribution < -0.4 is 16.6 Å². The molecule has 1 fully saturated rings. The van der Waals surface area contributed by atoms with Crippen LogP contribution >= 0.6 is 0 Å². The molecular formula is C14H16N4O3. The van der Waals surface area contributed by atoms with Gasteiger partial charge in [0.1, 0.15) is 6.54 Å². The van der Waals surface area contributed by atoms with Gasteiger partial charge in [0, 0.05) is 26.2 Å². The smallest absolute Gasteiger partial charge is 0.329 e. The second-order valence-electron chi connectivity index (χ2n) is 5.00. The zero-order valence-corrected chi connectivity index (χ0v) is 11.5. The molecule has 7 heteroatoms. The van der Waals surface area contributed by atoms with E-state index in [2.05, 4.69) is 10.3 Å². The van der Waals surface area contributed by atoms with Crippen molar-refractivity contribution >= 4 is 16.8 Å². The number of carbonyl (C=O) groups excluding carboxylic acids is 1. The molecule has 0 bridgehead atoms. The van der Waals surface area contributed by atoms with Crippen LogP contribution in [0.3, 0.4) is 0 Å². The van der Waals surface area contributed by atoms with Crippen molar-refractivity contribution in [3.05, 3.63) is 45.1 Å². The summed E-state index contributed by atoms with van der Waals surface area (Å²) < 4.78 is 0.965. The minimum Gasteiger partial charge on any atom is -0.339 e. The lowest BCUT2D eigenvalue weighted by atomic mass is 10.2. The van der Waals surface area contributed by atoms with Crippen molar-refractivity contribution in [3.63, 3.8) is 0 Å². The monoisotopic (exact) mass is 288 g/mol. The summed E-state index contributed by atoms with van der Waals surface area (Å²) in [6.45, 7) is 2.43. The first-order valence-corrected chi connectivity index (χ1v) is 6.87. The van der Waals surface area contributed by atoms with Crippen LogP contribution in [-0.2, 0) is 11.3 Å². The highest BCUT2D eigenvalue weighted by molar-refractivity contribution is 5.79. The van der Waals surface area contributed by atoms with Crippen LogP contribution in [0, 0.1) is 0 Å². The molecule has 0 atom stereocenters. The summed E-state index contributed by atoms with van der Waals surface area (Å²) >= 11 is 0. The number of rotatable bonds is 2. The fourth-order valence-corrected chi connectivity index (χ4v) is 2.49. The summed E-state index contributed by atoms with van der Waals surface area (Å²) in [4.78, 5) is 40.8. The van der Waals surface area contributed by atoms with Gasteiger partial charge >= 0.3 is 5.69 Å². The lowest BCUT2D eigenvalue weighted by Crippen LogP contribution is -2.49. The van der Waals surface area contributed by atoms with Crippen LogP contribution in [0.4, 0.5) is 0 Å². The largest absolute Gasteiger partial charge is 0.339 e. The lowest BCUT2D eigenvalue weighted by Gasteiger charge is -2.27. The topological polar surface area (TPSA) is 87.2 Å². The van der Waals surface area contributed by atoms with Crippen LogP contribution in [0.2, 0.25) is 0 Å². The molecule has 21 heavy (non-hydrogen) atoms. The SMILES string of the molecule is O=C(Cn1c(=O)[nH]c2ccccc2c1=O)N1CCNCC1. The number of aromatic nitrogens is 2. The number of amides is 1. The molecule has 1 amide bonds. The quantitative estimate of drug-likeness (QED) is 0.751. The molecule has 2 aromatic rings. The molecule has 0 aliphatic carbocycles. The zero-order valence-electron chi connectivity index (χ0n) is 11.5.